The second kappa shape index (κ2) is 8.44. The van der Waals surface area contributed by atoms with Gasteiger partial charge in [-0.25, -0.2) is 4.68 Å². The molecule has 1 amide bonds. The normalized spacial score (nSPS) is 17.7. The summed E-state index contributed by atoms with van der Waals surface area (Å²) in [7, 11) is 0. The van der Waals surface area contributed by atoms with Crippen LogP contribution >= 0.6 is 0 Å². The predicted molar refractivity (Wildman–Crippen MR) is 119 cm³/mol. The van der Waals surface area contributed by atoms with Crippen LogP contribution in [0.5, 0.6) is 0 Å². The summed E-state index contributed by atoms with van der Waals surface area (Å²) < 4.78 is 2.02. The summed E-state index contributed by atoms with van der Waals surface area (Å²) in [6.07, 6.45) is 5.94. The SMILES string of the molecule is O=C(Nc1ccnn1C1CCN(Cc2ccc(-c3ccccc3)cc2)CC1)C1CC1. The lowest BCUT2D eigenvalue weighted by molar-refractivity contribution is -0.117. The number of likely N-dealkylation sites (tertiary alicyclic amines) is 1. The van der Waals surface area contributed by atoms with Crippen LogP contribution < -0.4 is 5.32 Å². The maximum Gasteiger partial charge on any atom is 0.228 e. The zero-order chi connectivity index (χ0) is 20.3. The van der Waals surface area contributed by atoms with Crippen molar-refractivity contribution in [2.75, 3.05) is 18.4 Å². The van der Waals surface area contributed by atoms with E-state index in [1.807, 2.05) is 10.7 Å². The summed E-state index contributed by atoms with van der Waals surface area (Å²) in [4.78, 5) is 14.6. The minimum absolute atomic E-state index is 0.146. The number of aromatic nitrogens is 2. The van der Waals surface area contributed by atoms with Crippen molar-refractivity contribution >= 4 is 11.7 Å². The van der Waals surface area contributed by atoms with Crippen molar-refractivity contribution in [3.05, 3.63) is 72.4 Å². The van der Waals surface area contributed by atoms with Gasteiger partial charge in [-0.1, -0.05) is 54.6 Å². The molecule has 1 N–H and O–H groups in total. The molecule has 154 valence electrons. The van der Waals surface area contributed by atoms with E-state index in [1.54, 1.807) is 6.20 Å². The first-order valence-electron chi connectivity index (χ1n) is 11.0. The third-order valence-corrected chi connectivity index (χ3v) is 6.24. The van der Waals surface area contributed by atoms with Crippen LogP contribution in [-0.4, -0.2) is 33.7 Å². The van der Waals surface area contributed by atoms with Crippen LogP contribution in [-0.2, 0) is 11.3 Å². The molecule has 5 rings (SSSR count). The molecule has 0 spiro atoms. The molecule has 2 heterocycles. The molecule has 1 aliphatic carbocycles. The molecule has 1 aliphatic heterocycles. The predicted octanol–water partition coefficient (Wildman–Crippen LogP) is 4.74. The molecule has 1 aromatic heterocycles. The summed E-state index contributed by atoms with van der Waals surface area (Å²) in [6, 6.07) is 21.7. The third kappa shape index (κ3) is 4.31. The van der Waals surface area contributed by atoms with E-state index in [4.69, 9.17) is 0 Å². The smallest absolute Gasteiger partial charge is 0.228 e. The summed E-state index contributed by atoms with van der Waals surface area (Å²) >= 11 is 0. The Bertz CT molecular complexity index is 984. The molecule has 2 aliphatic rings. The van der Waals surface area contributed by atoms with E-state index in [-0.39, 0.29) is 11.8 Å². The Morgan fingerprint density at radius 2 is 1.60 bits per heavy atom. The number of hydrogen-bond donors (Lipinski definition) is 1. The fraction of sp³-hybridized carbons (Fsp3) is 0.360. The lowest BCUT2D eigenvalue weighted by Gasteiger charge is -2.32. The fourth-order valence-electron chi connectivity index (χ4n) is 4.29. The monoisotopic (exact) mass is 400 g/mol. The second-order valence-corrected chi connectivity index (χ2v) is 8.49. The Hall–Kier alpha value is -2.92. The van der Waals surface area contributed by atoms with Crippen LogP contribution in [0, 0.1) is 5.92 Å². The first kappa shape index (κ1) is 19.1. The Labute approximate surface area is 177 Å². The largest absolute Gasteiger partial charge is 0.311 e. The first-order valence-corrected chi connectivity index (χ1v) is 11.0. The molecule has 30 heavy (non-hydrogen) atoms. The Morgan fingerprint density at radius 3 is 2.30 bits per heavy atom. The molecule has 2 aromatic carbocycles. The molecule has 5 nitrogen and oxygen atoms in total. The van der Waals surface area contributed by atoms with Gasteiger partial charge >= 0.3 is 0 Å². The number of amides is 1. The van der Waals surface area contributed by atoms with Crippen molar-refractivity contribution in [3.8, 4) is 11.1 Å². The molecule has 0 atom stereocenters. The van der Waals surface area contributed by atoms with Crippen molar-refractivity contribution in [1.82, 2.24) is 14.7 Å². The molecule has 3 aromatic rings. The van der Waals surface area contributed by atoms with Gasteiger partial charge in [-0.3, -0.25) is 9.69 Å². The van der Waals surface area contributed by atoms with Crippen molar-refractivity contribution in [2.24, 2.45) is 5.92 Å². The van der Waals surface area contributed by atoms with Gasteiger partial charge in [0.1, 0.15) is 5.82 Å². The van der Waals surface area contributed by atoms with E-state index in [2.05, 4.69) is 69.9 Å². The quantitative estimate of drug-likeness (QED) is 0.650. The summed E-state index contributed by atoms with van der Waals surface area (Å²) in [5.41, 5.74) is 3.87. The Morgan fingerprint density at radius 1 is 0.900 bits per heavy atom. The zero-order valence-electron chi connectivity index (χ0n) is 17.2. The Kier molecular flexibility index (Phi) is 5.37. The van der Waals surface area contributed by atoms with E-state index in [0.29, 0.717) is 6.04 Å². The molecule has 0 radical (unpaired) electrons. The van der Waals surface area contributed by atoms with E-state index in [1.165, 1.54) is 16.7 Å². The van der Waals surface area contributed by atoms with Crippen LogP contribution in [0.1, 0.15) is 37.3 Å². The third-order valence-electron chi connectivity index (χ3n) is 6.24. The van der Waals surface area contributed by atoms with Gasteiger partial charge in [-0.15, -0.1) is 0 Å². The molecule has 1 saturated heterocycles. The van der Waals surface area contributed by atoms with Crippen molar-refractivity contribution in [2.45, 2.75) is 38.3 Å². The number of rotatable bonds is 6. The van der Waals surface area contributed by atoms with Crippen molar-refractivity contribution < 1.29 is 4.79 Å². The van der Waals surface area contributed by atoms with E-state index >= 15 is 0 Å². The van der Waals surface area contributed by atoms with Crippen LogP contribution in [0.25, 0.3) is 11.1 Å². The van der Waals surface area contributed by atoms with E-state index < -0.39 is 0 Å². The maximum absolute atomic E-state index is 12.1. The highest BCUT2D eigenvalue weighted by molar-refractivity contribution is 5.93. The van der Waals surface area contributed by atoms with Gasteiger partial charge in [0, 0.05) is 31.6 Å². The number of piperidine rings is 1. The molecule has 2 fully saturated rings. The second-order valence-electron chi connectivity index (χ2n) is 8.49. The highest BCUT2D eigenvalue weighted by atomic mass is 16.2. The summed E-state index contributed by atoms with van der Waals surface area (Å²) in [5.74, 6) is 1.21. The first-order chi connectivity index (χ1) is 14.8. The average Bonchev–Trinajstić information content (AvgIpc) is 3.55. The number of nitrogens with zero attached hydrogens (tertiary/aromatic N) is 3. The number of carbonyl (C=O) groups is 1. The van der Waals surface area contributed by atoms with Gasteiger partial charge < -0.3 is 5.32 Å². The number of carbonyl (C=O) groups excluding carboxylic acids is 1. The van der Waals surface area contributed by atoms with Gasteiger partial charge in [0.2, 0.25) is 5.91 Å². The van der Waals surface area contributed by atoms with Crippen LogP contribution in [0.3, 0.4) is 0 Å². The van der Waals surface area contributed by atoms with Gasteiger partial charge in [0.15, 0.2) is 0 Å². The van der Waals surface area contributed by atoms with Gasteiger partial charge in [0.05, 0.1) is 12.2 Å². The molecular weight excluding hydrogens is 372 g/mol. The fourth-order valence-corrected chi connectivity index (χ4v) is 4.29. The van der Waals surface area contributed by atoms with Crippen LogP contribution in [0.2, 0.25) is 0 Å². The lowest BCUT2D eigenvalue weighted by atomic mass is 10.0. The Balaban J connectivity index is 1.16. The van der Waals surface area contributed by atoms with Gasteiger partial charge in [-0.2, -0.15) is 5.10 Å². The summed E-state index contributed by atoms with van der Waals surface area (Å²) in [6.45, 7) is 3.06. The molecule has 0 bridgehead atoms. The highest BCUT2D eigenvalue weighted by Crippen LogP contribution is 2.31. The molecule has 1 saturated carbocycles. The standard InChI is InChI=1S/C25H28N4O/c30-25(22-10-11-22)27-24-12-15-26-29(24)23-13-16-28(17-14-23)18-19-6-8-21(9-7-19)20-4-2-1-3-5-20/h1-9,12,15,22-23H,10-11,13-14,16-18H2,(H,27,30). The average molecular weight is 401 g/mol. The summed E-state index contributed by atoms with van der Waals surface area (Å²) in [5, 5.41) is 7.57. The van der Waals surface area contributed by atoms with Crippen molar-refractivity contribution in [1.29, 1.82) is 0 Å². The molecule has 5 heteroatoms. The molecule has 0 unspecified atom stereocenters. The minimum atomic E-state index is 0.146. The number of hydrogen-bond acceptors (Lipinski definition) is 3. The van der Waals surface area contributed by atoms with E-state index in [0.717, 1.165) is 51.1 Å². The van der Waals surface area contributed by atoms with Gasteiger partial charge in [0.25, 0.3) is 0 Å². The zero-order valence-corrected chi connectivity index (χ0v) is 17.2. The number of nitrogens with one attached hydrogen (secondary N) is 1. The van der Waals surface area contributed by atoms with Crippen LogP contribution in [0.4, 0.5) is 5.82 Å². The number of benzene rings is 2. The van der Waals surface area contributed by atoms with Crippen LogP contribution in [0.15, 0.2) is 66.9 Å². The topological polar surface area (TPSA) is 50.2 Å². The number of anilines is 1. The maximum atomic E-state index is 12.1. The molecular formula is C25H28N4O. The van der Waals surface area contributed by atoms with Crippen molar-refractivity contribution in [3.63, 3.8) is 0 Å². The lowest BCUT2D eigenvalue weighted by Crippen LogP contribution is -2.35. The highest BCUT2D eigenvalue weighted by Gasteiger charge is 2.31. The van der Waals surface area contributed by atoms with Gasteiger partial charge in [-0.05, 0) is 42.4 Å². The van der Waals surface area contributed by atoms with E-state index in [9.17, 15) is 4.79 Å². The minimum Gasteiger partial charge on any atom is -0.311 e.